The molecule has 2 unspecified atom stereocenters. The molecular weight excluding hydrogens is 753 g/mol. The van der Waals surface area contributed by atoms with Gasteiger partial charge in [-0.3, -0.25) is 14.1 Å². The van der Waals surface area contributed by atoms with Gasteiger partial charge in [-0.05, 0) is 12.8 Å². The van der Waals surface area contributed by atoms with E-state index in [1.807, 2.05) is 0 Å². The van der Waals surface area contributed by atoms with Gasteiger partial charge in [0.25, 0.3) is 10.1 Å². The van der Waals surface area contributed by atoms with E-state index in [0.717, 1.165) is 38.5 Å². The first kappa shape index (κ1) is 53.7. The molecule has 1 aliphatic heterocycles. The minimum atomic E-state index is -4.59. The van der Waals surface area contributed by atoms with Crippen molar-refractivity contribution in [1.29, 1.82) is 0 Å². The van der Waals surface area contributed by atoms with Crippen molar-refractivity contribution in [2.45, 2.75) is 250 Å². The zero-order chi connectivity index (χ0) is 42.0. The highest BCUT2D eigenvalue weighted by Crippen LogP contribution is 2.24. The molecule has 1 saturated heterocycles. The number of carbonyl (C=O) groups excluding carboxylic acids is 2. The smallest absolute Gasteiger partial charge is 0.306 e. The van der Waals surface area contributed by atoms with Crippen LogP contribution in [0.15, 0.2) is 0 Å². The highest BCUT2D eigenvalue weighted by molar-refractivity contribution is 7.85. The highest BCUT2D eigenvalue weighted by Gasteiger charge is 2.46. The van der Waals surface area contributed by atoms with Gasteiger partial charge in [0.15, 0.2) is 12.4 Å². The van der Waals surface area contributed by atoms with Gasteiger partial charge in [-0.2, -0.15) is 8.42 Å². The predicted molar refractivity (Wildman–Crippen MR) is 224 cm³/mol. The van der Waals surface area contributed by atoms with Crippen LogP contribution in [0.2, 0.25) is 0 Å². The number of unbranched alkanes of at least 4 members (excludes halogenated alkanes) is 27. The lowest BCUT2D eigenvalue weighted by Gasteiger charge is -2.40. The third-order valence-electron chi connectivity index (χ3n) is 10.9. The van der Waals surface area contributed by atoms with Crippen LogP contribution in [0, 0.1) is 0 Å². The fraction of sp³-hybridized carbons (Fsp3) is 0.955. The van der Waals surface area contributed by atoms with Gasteiger partial charge in [-0.25, -0.2) is 0 Å². The molecular formula is C44H84O12S. The Hall–Kier alpha value is -1.35. The molecule has 6 atom stereocenters. The summed E-state index contributed by atoms with van der Waals surface area (Å²) >= 11 is 0. The third kappa shape index (κ3) is 30.4. The number of ether oxygens (including phenoxy) is 4. The molecule has 1 heterocycles. The van der Waals surface area contributed by atoms with Crippen molar-refractivity contribution in [3.63, 3.8) is 0 Å². The summed E-state index contributed by atoms with van der Waals surface area (Å²) in [5, 5.41) is 30.8. The third-order valence-corrected chi connectivity index (χ3v) is 11.7. The molecule has 0 spiro atoms. The number of aliphatic hydroxyl groups excluding tert-OH is 3. The van der Waals surface area contributed by atoms with Crippen LogP contribution >= 0.6 is 0 Å². The first-order chi connectivity index (χ1) is 27.5. The van der Waals surface area contributed by atoms with Gasteiger partial charge < -0.3 is 34.3 Å². The zero-order valence-electron chi connectivity index (χ0n) is 36.0. The van der Waals surface area contributed by atoms with Gasteiger partial charge in [0.2, 0.25) is 0 Å². The Kier molecular flexibility index (Phi) is 33.3. The van der Waals surface area contributed by atoms with Crippen LogP contribution in [-0.4, -0.2) is 96.0 Å². The van der Waals surface area contributed by atoms with Gasteiger partial charge in [0.1, 0.15) is 36.8 Å². The predicted octanol–water partition coefficient (Wildman–Crippen LogP) is 9.29. The van der Waals surface area contributed by atoms with Crippen LogP contribution in [-0.2, 0) is 38.7 Å². The molecule has 0 aromatic carbocycles. The van der Waals surface area contributed by atoms with E-state index < -0.39 is 71.2 Å². The largest absolute Gasteiger partial charge is 0.462 e. The number of esters is 2. The Labute approximate surface area is 346 Å². The molecule has 57 heavy (non-hydrogen) atoms. The Morgan fingerprint density at radius 1 is 0.526 bits per heavy atom. The van der Waals surface area contributed by atoms with Crippen molar-refractivity contribution in [1.82, 2.24) is 0 Å². The van der Waals surface area contributed by atoms with E-state index in [-0.39, 0.29) is 19.4 Å². The summed E-state index contributed by atoms with van der Waals surface area (Å²) in [5.74, 6) is -1.97. The van der Waals surface area contributed by atoms with Crippen LogP contribution in [0.25, 0.3) is 0 Å². The normalized spacial score (nSPS) is 20.4. The fourth-order valence-corrected chi connectivity index (χ4v) is 8.02. The summed E-state index contributed by atoms with van der Waals surface area (Å²) in [6, 6.07) is 0. The lowest BCUT2D eigenvalue weighted by molar-refractivity contribution is -0.297. The molecule has 0 aliphatic carbocycles. The van der Waals surface area contributed by atoms with Crippen LogP contribution in [0.3, 0.4) is 0 Å². The molecule has 1 rings (SSSR count). The monoisotopic (exact) mass is 837 g/mol. The van der Waals surface area contributed by atoms with Crippen molar-refractivity contribution in [2.75, 3.05) is 19.0 Å². The minimum absolute atomic E-state index is 0.172. The minimum Gasteiger partial charge on any atom is -0.462 e. The first-order valence-electron chi connectivity index (χ1n) is 23.1. The van der Waals surface area contributed by atoms with E-state index in [0.29, 0.717) is 12.8 Å². The van der Waals surface area contributed by atoms with E-state index in [9.17, 15) is 37.9 Å². The Morgan fingerprint density at radius 2 is 0.895 bits per heavy atom. The zero-order valence-corrected chi connectivity index (χ0v) is 36.8. The Morgan fingerprint density at radius 3 is 1.28 bits per heavy atom. The molecule has 0 radical (unpaired) electrons. The Balaban J connectivity index is 2.36. The summed E-state index contributed by atoms with van der Waals surface area (Å²) in [7, 11) is -4.59. The molecule has 1 fully saturated rings. The lowest BCUT2D eigenvalue weighted by Crippen LogP contribution is -2.60. The molecule has 0 amide bonds. The molecule has 4 N–H and O–H groups in total. The molecule has 338 valence electrons. The van der Waals surface area contributed by atoms with Gasteiger partial charge in [0.05, 0.1) is 6.61 Å². The first-order valence-corrected chi connectivity index (χ1v) is 24.7. The number of rotatable bonds is 39. The van der Waals surface area contributed by atoms with Gasteiger partial charge in [-0.15, -0.1) is 0 Å². The second kappa shape index (κ2) is 35.4. The lowest BCUT2D eigenvalue weighted by atomic mass is 10.00. The van der Waals surface area contributed by atoms with E-state index in [4.69, 9.17) is 18.9 Å². The number of aliphatic hydroxyl groups is 3. The quantitative estimate of drug-likeness (QED) is 0.0262. The van der Waals surface area contributed by atoms with Gasteiger partial charge >= 0.3 is 11.9 Å². The SMILES string of the molecule is CCCCCCCCCCCCCCCCCCCCCCC(=O)O[C@H](COC(=O)CCCCCCCCCCC)CO[C@H]1O[C@H](CS(=O)(=O)O)[C@@H](O)C(O)C1O. The summed E-state index contributed by atoms with van der Waals surface area (Å²) in [5.41, 5.74) is 0. The van der Waals surface area contributed by atoms with Crippen molar-refractivity contribution >= 4 is 22.1 Å². The van der Waals surface area contributed by atoms with Crippen LogP contribution in [0.5, 0.6) is 0 Å². The van der Waals surface area contributed by atoms with Crippen molar-refractivity contribution in [3.8, 4) is 0 Å². The number of hydrogen-bond donors (Lipinski definition) is 4. The molecule has 13 heteroatoms. The molecule has 0 bridgehead atoms. The number of hydrogen-bond acceptors (Lipinski definition) is 11. The van der Waals surface area contributed by atoms with Crippen LogP contribution in [0.4, 0.5) is 0 Å². The van der Waals surface area contributed by atoms with Gasteiger partial charge in [-0.1, -0.05) is 187 Å². The Bertz CT molecular complexity index is 1070. The maximum Gasteiger partial charge on any atom is 0.306 e. The van der Waals surface area contributed by atoms with Crippen LogP contribution < -0.4 is 0 Å². The van der Waals surface area contributed by atoms with E-state index in [2.05, 4.69) is 13.8 Å². The van der Waals surface area contributed by atoms with Crippen LogP contribution in [0.1, 0.15) is 213 Å². The van der Waals surface area contributed by atoms with E-state index in [1.54, 1.807) is 0 Å². The van der Waals surface area contributed by atoms with E-state index in [1.165, 1.54) is 135 Å². The average Bonchev–Trinajstić information content (AvgIpc) is 3.17. The molecule has 0 saturated carbocycles. The second-order valence-corrected chi connectivity index (χ2v) is 17.9. The average molecular weight is 837 g/mol. The van der Waals surface area contributed by atoms with Crippen molar-refractivity contribution in [2.24, 2.45) is 0 Å². The summed E-state index contributed by atoms with van der Waals surface area (Å²) in [6.07, 6.45) is 25.9. The molecule has 0 aromatic heterocycles. The summed E-state index contributed by atoms with van der Waals surface area (Å²) in [4.78, 5) is 25.3. The maximum absolute atomic E-state index is 12.8. The molecule has 0 aromatic rings. The molecule has 1 aliphatic rings. The standard InChI is InChI=1S/C44H84O12S/c1-3-5-7-9-11-13-14-15-16-17-18-19-20-21-22-23-25-27-29-31-33-40(46)55-37(34-53-39(45)32-30-28-26-24-12-10-8-6-4-2)35-54-44-43(49)42(48)41(47)38(56-44)36-57(50,51)52/h37-38,41-44,47-49H,3-36H2,1-2H3,(H,50,51,52)/t37-,38-,41-,42?,43?,44+/m1/s1. The highest BCUT2D eigenvalue weighted by atomic mass is 32.2. The number of carbonyl (C=O) groups is 2. The second-order valence-electron chi connectivity index (χ2n) is 16.4. The summed E-state index contributed by atoms with van der Waals surface area (Å²) < 4.78 is 54.0. The van der Waals surface area contributed by atoms with Crippen molar-refractivity contribution in [3.05, 3.63) is 0 Å². The summed E-state index contributed by atoms with van der Waals surface area (Å²) in [6.45, 7) is 3.75. The van der Waals surface area contributed by atoms with Gasteiger partial charge in [0, 0.05) is 12.8 Å². The topological polar surface area (TPSA) is 186 Å². The van der Waals surface area contributed by atoms with E-state index >= 15 is 0 Å². The fourth-order valence-electron chi connectivity index (χ4n) is 7.33. The van der Waals surface area contributed by atoms with Crippen molar-refractivity contribution < 1.29 is 56.8 Å². The maximum atomic E-state index is 12.8. The molecule has 12 nitrogen and oxygen atoms in total.